The van der Waals surface area contributed by atoms with Crippen molar-refractivity contribution in [2.45, 2.75) is 31.1 Å². The van der Waals surface area contributed by atoms with Crippen LogP contribution in [0.15, 0.2) is 107 Å². The molecule has 11 heteroatoms. The Morgan fingerprint density at radius 1 is 0.977 bits per heavy atom. The van der Waals surface area contributed by atoms with Crippen LogP contribution in [0.3, 0.4) is 0 Å². The number of nitrogens with one attached hydrogen (secondary N) is 1. The Morgan fingerprint density at radius 3 is 2.49 bits per heavy atom. The van der Waals surface area contributed by atoms with Crippen LogP contribution in [0.5, 0.6) is 0 Å². The van der Waals surface area contributed by atoms with Gasteiger partial charge in [0.25, 0.3) is 11.8 Å². The van der Waals surface area contributed by atoms with Gasteiger partial charge < -0.3 is 5.32 Å². The molecule has 2 amide bonds. The van der Waals surface area contributed by atoms with Gasteiger partial charge in [0.2, 0.25) is 0 Å². The summed E-state index contributed by atoms with van der Waals surface area (Å²) in [5.41, 5.74) is 3.79. The van der Waals surface area contributed by atoms with Crippen molar-refractivity contribution in [2.75, 3.05) is 5.75 Å². The van der Waals surface area contributed by atoms with Gasteiger partial charge in [0.1, 0.15) is 5.82 Å². The number of carbonyl (C=O) groups excluding carboxylic acids is 2. The van der Waals surface area contributed by atoms with E-state index in [0.717, 1.165) is 27.4 Å². The molecule has 2 aromatic heterocycles. The first kappa shape index (κ1) is 28.5. The van der Waals surface area contributed by atoms with Crippen LogP contribution < -0.4 is 5.32 Å². The van der Waals surface area contributed by atoms with Crippen molar-refractivity contribution in [2.24, 2.45) is 5.10 Å². The van der Waals surface area contributed by atoms with Gasteiger partial charge in [-0.15, -0.1) is 21.5 Å². The molecule has 0 bridgehead atoms. The molecule has 216 valence electrons. The summed E-state index contributed by atoms with van der Waals surface area (Å²) in [7, 11) is 0. The molecule has 0 saturated heterocycles. The lowest BCUT2D eigenvalue weighted by Gasteiger charge is -2.22. The summed E-state index contributed by atoms with van der Waals surface area (Å²) in [6.07, 6.45) is 0.631. The highest BCUT2D eigenvalue weighted by Gasteiger charge is 2.33. The van der Waals surface area contributed by atoms with Crippen LogP contribution >= 0.6 is 23.1 Å². The van der Waals surface area contributed by atoms with Gasteiger partial charge in [-0.25, -0.2) is 9.40 Å². The molecule has 5 aromatic rings. The number of hydrogen-bond acceptors (Lipinski definition) is 7. The maximum Gasteiger partial charge on any atom is 0.254 e. The standard InChI is InChI=1S/C32H27FN6O2S2/c1-21-13-15-22(16-14-21)27-18-26(28-12-7-17-42-28)37-39(27)30(40)20-43-32-36-35-29(38(32)23-8-3-2-4-9-23)19-34-31(41)24-10-5-6-11-25(24)33/h2-17,27H,18-20H2,1H3,(H,34,41)/t27-/m1/s1. The molecule has 3 aromatic carbocycles. The first-order valence-electron chi connectivity index (χ1n) is 13.6. The molecular weight excluding hydrogens is 584 g/mol. The minimum absolute atomic E-state index is 0.0135. The molecule has 8 nitrogen and oxygen atoms in total. The van der Waals surface area contributed by atoms with Gasteiger partial charge in [-0.1, -0.05) is 78.0 Å². The van der Waals surface area contributed by atoms with Crippen LogP contribution in [0.2, 0.25) is 0 Å². The van der Waals surface area contributed by atoms with E-state index in [1.54, 1.807) is 27.0 Å². The van der Waals surface area contributed by atoms with Crippen molar-refractivity contribution in [3.63, 3.8) is 0 Å². The molecule has 0 radical (unpaired) electrons. The van der Waals surface area contributed by atoms with E-state index in [1.807, 2.05) is 79.0 Å². The molecule has 0 saturated carbocycles. The number of aromatic nitrogens is 3. The molecule has 1 N–H and O–H groups in total. The quantitative estimate of drug-likeness (QED) is 0.201. The Labute approximate surface area is 256 Å². The molecule has 1 aliphatic rings. The van der Waals surface area contributed by atoms with E-state index < -0.39 is 11.7 Å². The van der Waals surface area contributed by atoms with Crippen LogP contribution in [-0.4, -0.2) is 43.1 Å². The third-order valence-electron chi connectivity index (χ3n) is 7.00. The molecule has 1 atom stereocenters. The summed E-state index contributed by atoms with van der Waals surface area (Å²) in [5, 5.41) is 20.2. The van der Waals surface area contributed by atoms with Gasteiger partial charge in [-0.2, -0.15) is 5.10 Å². The zero-order valence-corrected chi connectivity index (χ0v) is 24.8. The number of benzene rings is 3. The summed E-state index contributed by atoms with van der Waals surface area (Å²) >= 11 is 2.85. The van der Waals surface area contributed by atoms with Crippen molar-refractivity contribution in [1.82, 2.24) is 25.1 Å². The van der Waals surface area contributed by atoms with Gasteiger partial charge in [0.15, 0.2) is 11.0 Å². The van der Waals surface area contributed by atoms with Crippen LogP contribution in [0.4, 0.5) is 4.39 Å². The average Bonchev–Trinajstić information content (AvgIpc) is 3.80. The number of rotatable bonds is 9. The van der Waals surface area contributed by atoms with E-state index in [2.05, 4.69) is 15.5 Å². The summed E-state index contributed by atoms with van der Waals surface area (Å²) < 4.78 is 15.9. The van der Waals surface area contributed by atoms with Crippen LogP contribution in [0, 0.1) is 12.7 Å². The molecule has 3 heterocycles. The minimum Gasteiger partial charge on any atom is -0.345 e. The highest BCUT2D eigenvalue weighted by molar-refractivity contribution is 7.99. The van der Waals surface area contributed by atoms with Crippen LogP contribution in [-0.2, 0) is 11.3 Å². The van der Waals surface area contributed by atoms with E-state index in [4.69, 9.17) is 5.10 Å². The number of halogens is 1. The van der Waals surface area contributed by atoms with Crippen molar-refractivity contribution >= 4 is 40.6 Å². The number of hydrogen-bond donors (Lipinski definition) is 1. The van der Waals surface area contributed by atoms with Crippen molar-refractivity contribution < 1.29 is 14.0 Å². The number of thioether (sulfide) groups is 1. The Balaban J connectivity index is 1.22. The monoisotopic (exact) mass is 610 g/mol. The van der Waals surface area contributed by atoms with Crippen LogP contribution in [0.25, 0.3) is 5.69 Å². The Morgan fingerprint density at radius 2 is 1.74 bits per heavy atom. The third-order valence-corrected chi connectivity index (χ3v) is 8.83. The van der Waals surface area contributed by atoms with E-state index >= 15 is 0 Å². The lowest BCUT2D eigenvalue weighted by atomic mass is 10.00. The molecule has 0 unspecified atom stereocenters. The molecule has 0 spiro atoms. The van der Waals surface area contributed by atoms with E-state index in [1.165, 1.54) is 30.0 Å². The summed E-state index contributed by atoms with van der Waals surface area (Å²) in [6.45, 7) is 2.05. The second-order valence-electron chi connectivity index (χ2n) is 9.91. The van der Waals surface area contributed by atoms with Gasteiger partial charge in [0.05, 0.1) is 34.5 Å². The predicted octanol–water partition coefficient (Wildman–Crippen LogP) is 6.18. The van der Waals surface area contributed by atoms with Gasteiger partial charge in [-0.3, -0.25) is 14.2 Å². The summed E-state index contributed by atoms with van der Waals surface area (Å²) in [6, 6.07) is 27.2. The van der Waals surface area contributed by atoms with Gasteiger partial charge >= 0.3 is 0 Å². The highest BCUT2D eigenvalue weighted by atomic mass is 32.2. The highest BCUT2D eigenvalue weighted by Crippen LogP contribution is 2.35. The molecule has 0 fully saturated rings. The van der Waals surface area contributed by atoms with Crippen LogP contribution in [0.1, 0.15) is 44.6 Å². The Hall–Kier alpha value is -4.61. The molecule has 43 heavy (non-hydrogen) atoms. The molecule has 0 aliphatic carbocycles. The van der Waals surface area contributed by atoms with E-state index in [-0.39, 0.29) is 29.8 Å². The topological polar surface area (TPSA) is 92.5 Å². The first-order valence-corrected chi connectivity index (χ1v) is 15.5. The van der Waals surface area contributed by atoms with Crippen molar-refractivity contribution in [3.8, 4) is 5.69 Å². The zero-order valence-electron chi connectivity index (χ0n) is 23.2. The minimum atomic E-state index is -0.602. The fourth-order valence-corrected chi connectivity index (χ4v) is 6.36. The number of aryl methyl sites for hydroxylation is 1. The zero-order chi connectivity index (χ0) is 29.8. The van der Waals surface area contributed by atoms with Gasteiger partial charge in [0, 0.05) is 12.1 Å². The second-order valence-corrected chi connectivity index (χ2v) is 11.8. The number of thiophene rings is 1. The molecule has 6 rings (SSSR count). The van der Waals surface area contributed by atoms with Crippen molar-refractivity contribution in [3.05, 3.63) is 130 Å². The fourth-order valence-electron chi connectivity index (χ4n) is 4.82. The number of carbonyl (C=O) groups is 2. The largest absolute Gasteiger partial charge is 0.345 e. The normalized spacial score (nSPS) is 14.5. The first-order chi connectivity index (χ1) is 21.0. The maximum atomic E-state index is 14.1. The molecule has 1 aliphatic heterocycles. The number of amides is 2. The summed E-state index contributed by atoms with van der Waals surface area (Å²) in [5.74, 6) is -0.784. The molecular formula is C32H27FN6O2S2. The lowest BCUT2D eigenvalue weighted by molar-refractivity contribution is -0.130. The fraction of sp³-hybridized carbons (Fsp3) is 0.156. The van der Waals surface area contributed by atoms with Crippen molar-refractivity contribution in [1.29, 1.82) is 0 Å². The SMILES string of the molecule is Cc1ccc([C@H]2CC(c3cccs3)=NN2C(=O)CSc2nnc(CNC(=O)c3ccccc3F)n2-c2ccccc2)cc1. The number of nitrogens with zero attached hydrogens (tertiary/aromatic N) is 5. The van der Waals surface area contributed by atoms with E-state index in [0.29, 0.717) is 17.4 Å². The third kappa shape index (κ3) is 6.27. The predicted molar refractivity (Wildman–Crippen MR) is 166 cm³/mol. The maximum absolute atomic E-state index is 14.1. The summed E-state index contributed by atoms with van der Waals surface area (Å²) in [4.78, 5) is 27.4. The Kier molecular flexibility index (Phi) is 8.43. The smallest absolute Gasteiger partial charge is 0.254 e. The average molecular weight is 611 g/mol. The lowest BCUT2D eigenvalue weighted by Crippen LogP contribution is -2.28. The number of hydrazone groups is 1. The van der Waals surface area contributed by atoms with Gasteiger partial charge in [-0.05, 0) is 48.2 Å². The second kappa shape index (κ2) is 12.7. The number of para-hydroxylation sites is 1. The Bertz CT molecular complexity index is 1770. The van der Waals surface area contributed by atoms with E-state index in [9.17, 15) is 14.0 Å².